The minimum absolute atomic E-state index is 0.377. The van der Waals surface area contributed by atoms with E-state index < -0.39 is 17.9 Å². The quantitative estimate of drug-likeness (QED) is 0.685. The SMILES string of the molecule is Cn1nc(C(F)(F)F)nc1C(=O)N[C@H]1CCCn2nc(-c3ccnc(C4CC4)c3)cc21. The third-order valence-electron chi connectivity index (χ3n) is 5.63. The predicted molar refractivity (Wildman–Crippen MR) is 103 cm³/mol. The van der Waals surface area contributed by atoms with Gasteiger partial charge < -0.3 is 5.32 Å². The number of pyridine rings is 1. The molecule has 8 nitrogen and oxygen atoms in total. The number of hydrogen-bond donors (Lipinski definition) is 1. The lowest BCUT2D eigenvalue weighted by atomic mass is 10.0. The molecule has 1 atom stereocenters. The molecule has 0 saturated heterocycles. The van der Waals surface area contributed by atoms with Gasteiger partial charge in [0.2, 0.25) is 5.82 Å². The summed E-state index contributed by atoms with van der Waals surface area (Å²) in [6.07, 6.45) is 0.829. The minimum Gasteiger partial charge on any atom is -0.341 e. The highest BCUT2D eigenvalue weighted by Crippen LogP contribution is 2.40. The van der Waals surface area contributed by atoms with Crippen LogP contribution in [0.4, 0.5) is 13.2 Å². The highest BCUT2D eigenvalue weighted by Gasteiger charge is 2.38. The fourth-order valence-electron chi connectivity index (χ4n) is 3.91. The van der Waals surface area contributed by atoms with Crippen molar-refractivity contribution >= 4 is 5.91 Å². The van der Waals surface area contributed by atoms with Gasteiger partial charge in [-0.05, 0) is 43.9 Å². The van der Waals surface area contributed by atoms with E-state index >= 15 is 0 Å². The Morgan fingerprint density at radius 1 is 1.19 bits per heavy atom. The van der Waals surface area contributed by atoms with Crippen molar-refractivity contribution < 1.29 is 18.0 Å². The van der Waals surface area contributed by atoms with Gasteiger partial charge in [-0.3, -0.25) is 14.5 Å². The van der Waals surface area contributed by atoms with Gasteiger partial charge >= 0.3 is 6.18 Å². The molecule has 5 rings (SSSR count). The van der Waals surface area contributed by atoms with Crippen LogP contribution in [0.2, 0.25) is 0 Å². The van der Waals surface area contributed by atoms with Gasteiger partial charge in [0.15, 0.2) is 0 Å². The highest BCUT2D eigenvalue weighted by atomic mass is 19.4. The number of halogens is 3. The van der Waals surface area contributed by atoms with Crippen LogP contribution in [0.1, 0.15) is 65.5 Å². The first-order valence-electron chi connectivity index (χ1n) is 10.1. The fraction of sp³-hybridized carbons (Fsp3) is 0.450. The zero-order valence-corrected chi connectivity index (χ0v) is 16.7. The monoisotopic (exact) mass is 431 g/mol. The molecule has 0 aromatic carbocycles. The number of fused-ring (bicyclic) bond motifs is 1. The first kappa shape index (κ1) is 19.7. The molecule has 11 heteroatoms. The lowest BCUT2D eigenvalue weighted by Gasteiger charge is -2.24. The molecule has 162 valence electrons. The van der Waals surface area contributed by atoms with Crippen LogP contribution in [0, 0.1) is 0 Å². The van der Waals surface area contributed by atoms with Crippen LogP contribution in [-0.2, 0) is 19.8 Å². The van der Waals surface area contributed by atoms with Crippen molar-refractivity contribution in [1.82, 2.24) is 34.8 Å². The number of aryl methyl sites for hydroxylation is 2. The van der Waals surface area contributed by atoms with Gasteiger partial charge in [0.25, 0.3) is 11.7 Å². The molecule has 3 aromatic heterocycles. The summed E-state index contributed by atoms with van der Waals surface area (Å²) in [6, 6.07) is 5.51. The molecule has 1 amide bonds. The van der Waals surface area contributed by atoms with E-state index in [9.17, 15) is 18.0 Å². The normalized spacial score (nSPS) is 18.6. The van der Waals surface area contributed by atoms with Crippen molar-refractivity contribution in [3.63, 3.8) is 0 Å². The molecule has 0 spiro atoms. The third-order valence-corrected chi connectivity index (χ3v) is 5.63. The molecule has 0 bridgehead atoms. The summed E-state index contributed by atoms with van der Waals surface area (Å²) >= 11 is 0. The average Bonchev–Trinajstić information content (AvgIpc) is 3.35. The van der Waals surface area contributed by atoms with E-state index in [4.69, 9.17) is 0 Å². The Balaban J connectivity index is 1.39. The number of carbonyl (C=O) groups excluding carboxylic acids is 1. The van der Waals surface area contributed by atoms with Crippen molar-refractivity contribution in [2.24, 2.45) is 7.05 Å². The standard InChI is InChI=1S/C20H20F3N7O/c1-29-17(26-19(28-29)20(21,22)23)18(31)25-13-3-2-8-30-16(13)10-15(27-30)12-6-7-24-14(9-12)11-4-5-11/h6-7,9-11,13H,2-5,8H2,1H3,(H,25,31)/t13-/m0/s1. The van der Waals surface area contributed by atoms with Crippen LogP contribution in [0.5, 0.6) is 0 Å². The number of alkyl halides is 3. The Morgan fingerprint density at radius 2 is 2.00 bits per heavy atom. The van der Waals surface area contributed by atoms with Gasteiger partial charge in [-0.2, -0.15) is 23.3 Å². The molecule has 1 aliphatic heterocycles. The molecule has 2 aliphatic rings. The van der Waals surface area contributed by atoms with E-state index in [-0.39, 0.29) is 11.9 Å². The summed E-state index contributed by atoms with van der Waals surface area (Å²) in [5.74, 6) is -1.89. The largest absolute Gasteiger partial charge is 0.453 e. The number of carbonyl (C=O) groups is 1. The van der Waals surface area contributed by atoms with Crippen LogP contribution < -0.4 is 5.32 Å². The lowest BCUT2D eigenvalue weighted by Crippen LogP contribution is -2.34. The molecule has 1 fully saturated rings. The summed E-state index contributed by atoms with van der Waals surface area (Å²) < 4.78 is 41.3. The molecular weight excluding hydrogens is 411 g/mol. The zero-order valence-electron chi connectivity index (χ0n) is 16.7. The Labute approximate surface area is 175 Å². The number of nitrogens with one attached hydrogen (secondary N) is 1. The minimum atomic E-state index is -4.71. The summed E-state index contributed by atoms with van der Waals surface area (Å²) in [6.45, 7) is 0.713. The Hall–Kier alpha value is -3.24. The van der Waals surface area contributed by atoms with E-state index in [1.165, 1.54) is 7.05 Å². The average molecular weight is 431 g/mol. The number of rotatable bonds is 4. The lowest BCUT2D eigenvalue weighted by molar-refractivity contribution is -0.144. The van der Waals surface area contributed by atoms with Crippen molar-refractivity contribution in [3.05, 3.63) is 47.4 Å². The first-order chi connectivity index (χ1) is 14.8. The van der Waals surface area contributed by atoms with Crippen molar-refractivity contribution in [2.45, 2.75) is 50.4 Å². The van der Waals surface area contributed by atoms with E-state index in [2.05, 4.69) is 31.5 Å². The molecule has 4 heterocycles. The van der Waals surface area contributed by atoms with Crippen LogP contribution >= 0.6 is 0 Å². The van der Waals surface area contributed by atoms with Crippen molar-refractivity contribution in [1.29, 1.82) is 0 Å². The molecule has 0 unspecified atom stereocenters. The summed E-state index contributed by atoms with van der Waals surface area (Å²) in [5, 5.41) is 10.8. The topological polar surface area (TPSA) is 90.5 Å². The van der Waals surface area contributed by atoms with Crippen molar-refractivity contribution in [3.8, 4) is 11.3 Å². The molecule has 0 radical (unpaired) electrons. The molecule has 1 saturated carbocycles. The highest BCUT2D eigenvalue weighted by molar-refractivity contribution is 5.91. The molecule has 31 heavy (non-hydrogen) atoms. The Morgan fingerprint density at radius 3 is 2.71 bits per heavy atom. The van der Waals surface area contributed by atoms with E-state index in [0.29, 0.717) is 18.9 Å². The van der Waals surface area contributed by atoms with Gasteiger partial charge in [-0.15, -0.1) is 5.10 Å². The number of amides is 1. The van der Waals surface area contributed by atoms with E-state index in [0.717, 1.165) is 46.6 Å². The van der Waals surface area contributed by atoms with Crippen LogP contribution in [0.15, 0.2) is 24.4 Å². The number of hydrogen-bond acceptors (Lipinski definition) is 5. The maximum Gasteiger partial charge on any atom is 0.453 e. The van der Waals surface area contributed by atoms with Crippen LogP contribution in [-0.4, -0.2) is 35.4 Å². The Bertz CT molecular complexity index is 1150. The first-order valence-corrected chi connectivity index (χ1v) is 10.1. The number of aromatic nitrogens is 6. The summed E-state index contributed by atoms with van der Waals surface area (Å²) in [5.41, 5.74) is 3.64. The zero-order chi connectivity index (χ0) is 21.8. The fourth-order valence-corrected chi connectivity index (χ4v) is 3.91. The second kappa shape index (κ2) is 7.17. The molecule has 1 aliphatic carbocycles. The van der Waals surface area contributed by atoms with E-state index in [1.54, 1.807) is 6.20 Å². The van der Waals surface area contributed by atoms with Crippen molar-refractivity contribution in [2.75, 3.05) is 0 Å². The maximum absolute atomic E-state index is 12.9. The second-order valence-corrected chi connectivity index (χ2v) is 7.97. The summed E-state index contributed by atoms with van der Waals surface area (Å²) in [4.78, 5) is 20.5. The van der Waals surface area contributed by atoms with E-state index in [1.807, 2.05) is 16.8 Å². The third kappa shape index (κ3) is 3.79. The van der Waals surface area contributed by atoms with Crippen LogP contribution in [0.3, 0.4) is 0 Å². The number of nitrogens with zero attached hydrogens (tertiary/aromatic N) is 6. The molecule has 1 N–H and O–H groups in total. The molecular formula is C20H20F3N7O. The molecule has 3 aromatic rings. The van der Waals surface area contributed by atoms with Gasteiger partial charge in [0, 0.05) is 37.0 Å². The Kier molecular flexibility index (Phi) is 4.56. The van der Waals surface area contributed by atoms with Gasteiger partial charge in [0.05, 0.1) is 17.4 Å². The maximum atomic E-state index is 12.9. The van der Waals surface area contributed by atoms with Gasteiger partial charge in [-0.1, -0.05) is 0 Å². The van der Waals surface area contributed by atoms with Gasteiger partial charge in [0.1, 0.15) is 0 Å². The second-order valence-electron chi connectivity index (χ2n) is 7.97. The van der Waals surface area contributed by atoms with Crippen LogP contribution in [0.25, 0.3) is 11.3 Å². The smallest absolute Gasteiger partial charge is 0.341 e. The van der Waals surface area contributed by atoms with Gasteiger partial charge in [-0.25, -0.2) is 4.68 Å². The predicted octanol–water partition coefficient (Wildman–Crippen LogP) is 3.23. The summed E-state index contributed by atoms with van der Waals surface area (Å²) in [7, 11) is 1.27.